The number of hydrogen-bond acceptors (Lipinski definition) is 4. The number of nitrogens with one attached hydrogen (secondary N) is 1. The van der Waals surface area contributed by atoms with Crippen LogP contribution in [0.2, 0.25) is 0 Å². The Morgan fingerprint density at radius 3 is 2.17 bits per heavy atom. The lowest BCUT2D eigenvalue weighted by molar-refractivity contribution is -0.130. The number of ether oxygens (including phenoxy) is 2. The summed E-state index contributed by atoms with van der Waals surface area (Å²) in [4.78, 5) is 25.8. The molecule has 3 aromatic rings. The standard InChI is InChI=1S/C23H22N2O4/c1-25(2)22(26)16-28-18-14-12-17(13-15-18)24-23(27)20-10-6-7-11-21(20)29-19-8-4-3-5-9-19/h3-15H,16H2,1-2H3,(H,24,27). The van der Waals surface area contributed by atoms with Crippen LogP contribution < -0.4 is 14.8 Å². The molecule has 0 aliphatic carbocycles. The Hall–Kier alpha value is -3.80. The smallest absolute Gasteiger partial charge is 0.259 e. The fourth-order valence-electron chi connectivity index (χ4n) is 2.47. The van der Waals surface area contributed by atoms with Gasteiger partial charge in [0.1, 0.15) is 17.2 Å². The Morgan fingerprint density at radius 1 is 0.828 bits per heavy atom. The van der Waals surface area contributed by atoms with E-state index in [2.05, 4.69) is 5.32 Å². The highest BCUT2D eigenvalue weighted by molar-refractivity contribution is 6.06. The van der Waals surface area contributed by atoms with E-state index >= 15 is 0 Å². The molecule has 3 rings (SSSR count). The van der Waals surface area contributed by atoms with E-state index in [1.54, 1.807) is 56.6 Å². The van der Waals surface area contributed by atoms with Gasteiger partial charge >= 0.3 is 0 Å². The highest BCUT2D eigenvalue weighted by atomic mass is 16.5. The predicted octanol–water partition coefficient (Wildman–Crippen LogP) is 4.20. The molecule has 6 nitrogen and oxygen atoms in total. The van der Waals surface area contributed by atoms with Crippen LogP contribution in [0.3, 0.4) is 0 Å². The molecule has 0 aliphatic heterocycles. The molecule has 0 radical (unpaired) electrons. The summed E-state index contributed by atoms with van der Waals surface area (Å²) in [6.45, 7) is -0.0388. The maximum atomic E-state index is 12.7. The fourth-order valence-corrected chi connectivity index (χ4v) is 2.47. The fraction of sp³-hybridized carbons (Fsp3) is 0.130. The van der Waals surface area contributed by atoms with Crippen LogP contribution in [-0.4, -0.2) is 37.4 Å². The first-order chi connectivity index (χ1) is 14.0. The highest BCUT2D eigenvalue weighted by Gasteiger charge is 2.13. The van der Waals surface area contributed by atoms with Gasteiger partial charge in [-0.2, -0.15) is 0 Å². The quantitative estimate of drug-likeness (QED) is 0.657. The summed E-state index contributed by atoms with van der Waals surface area (Å²) in [5, 5.41) is 2.85. The van der Waals surface area contributed by atoms with E-state index in [0.29, 0.717) is 28.5 Å². The lowest BCUT2D eigenvalue weighted by Crippen LogP contribution is -2.27. The third-order valence-corrected chi connectivity index (χ3v) is 4.08. The number of carbonyl (C=O) groups is 2. The predicted molar refractivity (Wildman–Crippen MR) is 112 cm³/mol. The molecule has 0 saturated heterocycles. The summed E-state index contributed by atoms with van der Waals surface area (Å²) in [6, 6.07) is 23.2. The van der Waals surface area contributed by atoms with Crippen molar-refractivity contribution < 1.29 is 19.1 Å². The van der Waals surface area contributed by atoms with Crippen molar-refractivity contribution in [3.05, 3.63) is 84.4 Å². The van der Waals surface area contributed by atoms with Gasteiger partial charge in [-0.05, 0) is 48.5 Å². The highest BCUT2D eigenvalue weighted by Crippen LogP contribution is 2.26. The van der Waals surface area contributed by atoms with E-state index < -0.39 is 0 Å². The SMILES string of the molecule is CN(C)C(=O)COc1ccc(NC(=O)c2ccccc2Oc2ccccc2)cc1. The number of nitrogens with zero attached hydrogens (tertiary/aromatic N) is 1. The molecule has 6 heteroatoms. The van der Waals surface area contributed by atoms with E-state index in [0.717, 1.165) is 0 Å². The van der Waals surface area contributed by atoms with Crippen LogP contribution >= 0.6 is 0 Å². The molecule has 29 heavy (non-hydrogen) atoms. The van der Waals surface area contributed by atoms with E-state index in [9.17, 15) is 9.59 Å². The molecular weight excluding hydrogens is 368 g/mol. The van der Waals surface area contributed by atoms with Gasteiger partial charge in [0, 0.05) is 19.8 Å². The van der Waals surface area contributed by atoms with Crippen LogP contribution in [0.4, 0.5) is 5.69 Å². The summed E-state index contributed by atoms with van der Waals surface area (Å²) >= 11 is 0. The molecule has 0 heterocycles. The van der Waals surface area contributed by atoms with Crippen molar-refractivity contribution in [2.75, 3.05) is 26.0 Å². The van der Waals surface area contributed by atoms with Gasteiger partial charge in [-0.3, -0.25) is 9.59 Å². The Bertz CT molecular complexity index is 970. The molecule has 0 bridgehead atoms. The van der Waals surface area contributed by atoms with Crippen molar-refractivity contribution in [1.29, 1.82) is 0 Å². The van der Waals surface area contributed by atoms with Gasteiger partial charge in [0.05, 0.1) is 5.56 Å². The molecular formula is C23H22N2O4. The van der Waals surface area contributed by atoms with E-state index in [-0.39, 0.29) is 18.4 Å². The number of benzene rings is 3. The van der Waals surface area contributed by atoms with Crippen LogP contribution in [0.25, 0.3) is 0 Å². The largest absolute Gasteiger partial charge is 0.484 e. The molecule has 0 aliphatic rings. The molecule has 1 N–H and O–H groups in total. The van der Waals surface area contributed by atoms with Crippen LogP contribution in [0.5, 0.6) is 17.2 Å². The molecule has 0 atom stereocenters. The molecule has 0 aromatic heterocycles. The Morgan fingerprint density at radius 2 is 1.48 bits per heavy atom. The van der Waals surface area contributed by atoms with Crippen LogP contribution in [0, 0.1) is 0 Å². The minimum Gasteiger partial charge on any atom is -0.484 e. The van der Waals surface area contributed by atoms with Gasteiger partial charge in [-0.25, -0.2) is 0 Å². The van der Waals surface area contributed by atoms with Gasteiger partial charge in [0.15, 0.2) is 6.61 Å². The van der Waals surface area contributed by atoms with E-state index in [1.807, 2.05) is 36.4 Å². The molecule has 3 aromatic carbocycles. The number of likely N-dealkylation sites (N-methyl/N-ethyl adjacent to an activating group) is 1. The van der Waals surface area contributed by atoms with Gasteiger partial charge in [-0.1, -0.05) is 30.3 Å². The minimum absolute atomic E-state index is 0.0388. The summed E-state index contributed by atoms with van der Waals surface area (Å²) in [6.07, 6.45) is 0. The summed E-state index contributed by atoms with van der Waals surface area (Å²) in [5.74, 6) is 1.26. The van der Waals surface area contributed by atoms with Crippen molar-refractivity contribution in [1.82, 2.24) is 4.90 Å². The van der Waals surface area contributed by atoms with E-state index in [1.165, 1.54) is 4.90 Å². The van der Waals surface area contributed by atoms with Crippen molar-refractivity contribution in [2.45, 2.75) is 0 Å². The molecule has 148 valence electrons. The van der Waals surface area contributed by atoms with Gasteiger partial charge in [0.25, 0.3) is 11.8 Å². The molecule has 2 amide bonds. The zero-order valence-electron chi connectivity index (χ0n) is 16.3. The van der Waals surface area contributed by atoms with E-state index in [4.69, 9.17) is 9.47 Å². The first-order valence-electron chi connectivity index (χ1n) is 9.09. The Balaban J connectivity index is 1.65. The maximum Gasteiger partial charge on any atom is 0.259 e. The monoisotopic (exact) mass is 390 g/mol. The molecule has 0 spiro atoms. The molecule has 0 saturated carbocycles. The van der Waals surface area contributed by atoms with Crippen molar-refractivity contribution in [3.63, 3.8) is 0 Å². The van der Waals surface area contributed by atoms with Crippen molar-refractivity contribution in [3.8, 4) is 17.2 Å². The van der Waals surface area contributed by atoms with Crippen LogP contribution in [0.15, 0.2) is 78.9 Å². The van der Waals surface area contributed by atoms with Crippen LogP contribution in [-0.2, 0) is 4.79 Å². The second-order valence-electron chi connectivity index (χ2n) is 6.47. The zero-order valence-corrected chi connectivity index (χ0v) is 16.3. The number of anilines is 1. The lowest BCUT2D eigenvalue weighted by atomic mass is 10.1. The first kappa shape index (κ1) is 19.9. The molecule has 0 fully saturated rings. The third kappa shape index (κ3) is 5.59. The number of hydrogen-bond donors (Lipinski definition) is 1. The van der Waals surface area contributed by atoms with Crippen molar-refractivity contribution >= 4 is 17.5 Å². The first-order valence-corrected chi connectivity index (χ1v) is 9.09. The minimum atomic E-state index is -0.284. The topological polar surface area (TPSA) is 67.9 Å². The number of amides is 2. The van der Waals surface area contributed by atoms with Crippen molar-refractivity contribution in [2.24, 2.45) is 0 Å². The zero-order chi connectivity index (χ0) is 20.6. The Kier molecular flexibility index (Phi) is 6.47. The maximum absolute atomic E-state index is 12.7. The average Bonchev–Trinajstić information content (AvgIpc) is 2.74. The summed E-state index contributed by atoms with van der Waals surface area (Å²) in [7, 11) is 3.34. The summed E-state index contributed by atoms with van der Waals surface area (Å²) in [5.41, 5.74) is 1.03. The second kappa shape index (κ2) is 9.41. The number of carbonyl (C=O) groups excluding carboxylic acids is 2. The Labute approximate surface area is 169 Å². The van der Waals surface area contributed by atoms with Gasteiger partial charge in [0.2, 0.25) is 0 Å². The number of para-hydroxylation sites is 2. The average molecular weight is 390 g/mol. The van der Waals surface area contributed by atoms with Gasteiger partial charge in [-0.15, -0.1) is 0 Å². The lowest BCUT2D eigenvalue weighted by Gasteiger charge is -2.13. The molecule has 0 unspecified atom stereocenters. The number of rotatable bonds is 7. The van der Waals surface area contributed by atoms with Gasteiger partial charge < -0.3 is 19.7 Å². The normalized spacial score (nSPS) is 10.1. The second-order valence-corrected chi connectivity index (χ2v) is 6.47. The third-order valence-electron chi connectivity index (χ3n) is 4.08. The van der Waals surface area contributed by atoms with Crippen LogP contribution in [0.1, 0.15) is 10.4 Å². The summed E-state index contributed by atoms with van der Waals surface area (Å²) < 4.78 is 11.3.